The predicted octanol–water partition coefficient (Wildman–Crippen LogP) is 2.44. The van der Waals surface area contributed by atoms with E-state index in [0.717, 1.165) is 23.8 Å². The molecule has 1 atom stereocenters. The molecule has 2 rings (SSSR count). The molecule has 0 aromatic carbocycles. The summed E-state index contributed by atoms with van der Waals surface area (Å²) < 4.78 is 0. The van der Waals surface area contributed by atoms with E-state index < -0.39 is 0 Å². The Morgan fingerprint density at radius 1 is 1.62 bits per heavy atom. The van der Waals surface area contributed by atoms with Crippen LogP contribution in [-0.4, -0.2) is 11.5 Å². The standard InChI is InChI=1S/C12H21N3S/c1-3-12(4-5-12)8-14-6-10-7-16-11(15-10)9(2)13/h7,9,14H,3-6,8,13H2,1-2H3. The molecule has 1 aromatic rings. The van der Waals surface area contributed by atoms with Crippen molar-refractivity contribution in [3.63, 3.8) is 0 Å². The smallest absolute Gasteiger partial charge is 0.109 e. The minimum Gasteiger partial charge on any atom is -0.322 e. The molecule has 0 spiro atoms. The molecule has 0 saturated heterocycles. The average molecular weight is 239 g/mol. The zero-order valence-corrected chi connectivity index (χ0v) is 10.9. The molecule has 1 unspecified atom stereocenters. The Hall–Kier alpha value is -0.450. The maximum Gasteiger partial charge on any atom is 0.109 e. The van der Waals surface area contributed by atoms with Crippen molar-refractivity contribution in [1.82, 2.24) is 10.3 Å². The lowest BCUT2D eigenvalue weighted by Crippen LogP contribution is -2.23. The van der Waals surface area contributed by atoms with Gasteiger partial charge in [-0.1, -0.05) is 6.92 Å². The summed E-state index contributed by atoms with van der Waals surface area (Å²) >= 11 is 1.66. The first-order valence-electron chi connectivity index (χ1n) is 6.06. The van der Waals surface area contributed by atoms with Gasteiger partial charge in [0, 0.05) is 18.5 Å². The summed E-state index contributed by atoms with van der Waals surface area (Å²) in [5.74, 6) is 0. The quantitative estimate of drug-likeness (QED) is 0.801. The maximum absolute atomic E-state index is 5.78. The Bertz CT molecular complexity index is 342. The van der Waals surface area contributed by atoms with Crippen molar-refractivity contribution in [3.8, 4) is 0 Å². The van der Waals surface area contributed by atoms with Gasteiger partial charge in [-0.15, -0.1) is 11.3 Å². The first-order valence-corrected chi connectivity index (χ1v) is 6.94. The molecule has 0 bridgehead atoms. The van der Waals surface area contributed by atoms with Gasteiger partial charge in [0.2, 0.25) is 0 Å². The van der Waals surface area contributed by atoms with Gasteiger partial charge < -0.3 is 11.1 Å². The summed E-state index contributed by atoms with van der Waals surface area (Å²) in [6.45, 7) is 6.28. The summed E-state index contributed by atoms with van der Waals surface area (Å²) in [5.41, 5.74) is 7.52. The number of nitrogens with one attached hydrogen (secondary N) is 1. The first kappa shape index (κ1) is 12.0. The van der Waals surface area contributed by atoms with E-state index >= 15 is 0 Å². The van der Waals surface area contributed by atoms with Crippen molar-refractivity contribution in [3.05, 3.63) is 16.1 Å². The lowest BCUT2D eigenvalue weighted by molar-refractivity contribution is 0.442. The first-order chi connectivity index (χ1) is 7.65. The number of thiazole rings is 1. The van der Waals surface area contributed by atoms with Gasteiger partial charge in [0.1, 0.15) is 5.01 Å². The predicted molar refractivity (Wildman–Crippen MR) is 68.4 cm³/mol. The minimum absolute atomic E-state index is 0.0594. The van der Waals surface area contributed by atoms with E-state index in [-0.39, 0.29) is 6.04 Å². The van der Waals surface area contributed by atoms with Crippen molar-refractivity contribution >= 4 is 11.3 Å². The average Bonchev–Trinajstić information content (AvgIpc) is 2.88. The molecule has 1 fully saturated rings. The van der Waals surface area contributed by atoms with Crippen LogP contribution in [0, 0.1) is 5.41 Å². The van der Waals surface area contributed by atoms with E-state index in [1.807, 2.05) is 6.92 Å². The second kappa shape index (κ2) is 4.82. The molecule has 1 aromatic heterocycles. The van der Waals surface area contributed by atoms with Gasteiger partial charge in [0.25, 0.3) is 0 Å². The number of nitrogens with zero attached hydrogens (tertiary/aromatic N) is 1. The molecule has 90 valence electrons. The highest BCUT2D eigenvalue weighted by molar-refractivity contribution is 7.09. The molecular weight excluding hydrogens is 218 g/mol. The van der Waals surface area contributed by atoms with Crippen LogP contribution in [0.15, 0.2) is 5.38 Å². The summed E-state index contributed by atoms with van der Waals surface area (Å²) in [6, 6.07) is 0.0594. The number of aromatic nitrogens is 1. The molecule has 3 nitrogen and oxygen atoms in total. The molecule has 1 heterocycles. The van der Waals surface area contributed by atoms with Crippen LogP contribution in [0.25, 0.3) is 0 Å². The zero-order valence-electron chi connectivity index (χ0n) is 10.1. The van der Waals surface area contributed by atoms with Crippen molar-refractivity contribution in [1.29, 1.82) is 0 Å². The van der Waals surface area contributed by atoms with Gasteiger partial charge in [-0.2, -0.15) is 0 Å². The van der Waals surface area contributed by atoms with E-state index in [0.29, 0.717) is 5.41 Å². The Balaban J connectivity index is 1.77. The Morgan fingerprint density at radius 3 is 2.88 bits per heavy atom. The van der Waals surface area contributed by atoms with Gasteiger partial charge in [0.15, 0.2) is 0 Å². The monoisotopic (exact) mass is 239 g/mol. The Kier molecular flexibility index (Phi) is 3.62. The molecule has 1 aliphatic carbocycles. The third-order valence-electron chi connectivity index (χ3n) is 3.47. The van der Waals surface area contributed by atoms with Crippen LogP contribution < -0.4 is 11.1 Å². The van der Waals surface area contributed by atoms with E-state index in [1.165, 1.54) is 19.3 Å². The molecule has 4 heteroatoms. The van der Waals surface area contributed by atoms with E-state index in [9.17, 15) is 0 Å². The number of rotatable bonds is 6. The van der Waals surface area contributed by atoms with Crippen LogP contribution in [0.4, 0.5) is 0 Å². The lowest BCUT2D eigenvalue weighted by Gasteiger charge is -2.12. The fourth-order valence-corrected chi connectivity index (χ4v) is 2.68. The Labute approximate surface area is 101 Å². The van der Waals surface area contributed by atoms with Crippen LogP contribution in [0.3, 0.4) is 0 Å². The fraction of sp³-hybridized carbons (Fsp3) is 0.750. The largest absolute Gasteiger partial charge is 0.322 e. The van der Waals surface area contributed by atoms with Crippen LogP contribution >= 0.6 is 11.3 Å². The van der Waals surface area contributed by atoms with E-state index in [4.69, 9.17) is 5.73 Å². The number of hydrogen-bond donors (Lipinski definition) is 2. The van der Waals surface area contributed by atoms with Crippen molar-refractivity contribution in [2.75, 3.05) is 6.54 Å². The van der Waals surface area contributed by atoms with Crippen LogP contribution in [0.1, 0.15) is 49.9 Å². The SMILES string of the molecule is CCC1(CNCc2csc(C(C)N)n2)CC1. The summed E-state index contributed by atoms with van der Waals surface area (Å²) in [7, 11) is 0. The van der Waals surface area contributed by atoms with Gasteiger partial charge in [-0.3, -0.25) is 0 Å². The van der Waals surface area contributed by atoms with Crippen molar-refractivity contribution in [2.45, 2.75) is 45.7 Å². The van der Waals surface area contributed by atoms with E-state index in [2.05, 4.69) is 22.6 Å². The normalized spacial score (nSPS) is 19.7. The molecule has 0 aliphatic heterocycles. The minimum atomic E-state index is 0.0594. The third kappa shape index (κ3) is 2.81. The molecule has 3 N–H and O–H groups in total. The highest BCUT2D eigenvalue weighted by Crippen LogP contribution is 2.47. The fourth-order valence-electron chi connectivity index (χ4n) is 1.90. The molecular formula is C12H21N3S. The van der Waals surface area contributed by atoms with Crippen LogP contribution in [-0.2, 0) is 6.54 Å². The number of nitrogens with two attached hydrogens (primary N) is 1. The second-order valence-electron chi connectivity index (χ2n) is 4.92. The van der Waals surface area contributed by atoms with Crippen molar-refractivity contribution in [2.24, 2.45) is 11.1 Å². The topological polar surface area (TPSA) is 50.9 Å². The lowest BCUT2D eigenvalue weighted by atomic mass is 10.0. The third-order valence-corrected chi connectivity index (χ3v) is 4.57. The van der Waals surface area contributed by atoms with Gasteiger partial charge in [0.05, 0.1) is 11.7 Å². The van der Waals surface area contributed by atoms with E-state index in [1.54, 1.807) is 11.3 Å². The van der Waals surface area contributed by atoms with Crippen LogP contribution in [0.5, 0.6) is 0 Å². The molecule has 16 heavy (non-hydrogen) atoms. The zero-order chi connectivity index (χ0) is 11.6. The molecule has 1 saturated carbocycles. The maximum atomic E-state index is 5.78. The second-order valence-corrected chi connectivity index (χ2v) is 5.81. The van der Waals surface area contributed by atoms with Crippen molar-refractivity contribution < 1.29 is 0 Å². The van der Waals surface area contributed by atoms with Gasteiger partial charge >= 0.3 is 0 Å². The van der Waals surface area contributed by atoms with Gasteiger partial charge in [-0.25, -0.2) is 4.98 Å². The molecule has 0 radical (unpaired) electrons. The van der Waals surface area contributed by atoms with Crippen LogP contribution in [0.2, 0.25) is 0 Å². The number of hydrogen-bond acceptors (Lipinski definition) is 4. The molecule has 0 amide bonds. The highest BCUT2D eigenvalue weighted by Gasteiger charge is 2.39. The highest BCUT2D eigenvalue weighted by atomic mass is 32.1. The molecule has 1 aliphatic rings. The summed E-state index contributed by atoms with van der Waals surface area (Å²) in [6.07, 6.45) is 4.07. The Morgan fingerprint density at radius 2 is 2.38 bits per heavy atom. The summed E-state index contributed by atoms with van der Waals surface area (Å²) in [4.78, 5) is 4.51. The van der Waals surface area contributed by atoms with Gasteiger partial charge in [-0.05, 0) is 31.6 Å². The summed E-state index contributed by atoms with van der Waals surface area (Å²) in [5, 5.41) is 6.65.